The number of ether oxygens (including phenoxy) is 1. The van der Waals surface area contributed by atoms with Crippen LogP contribution in [0.4, 0.5) is 14.9 Å². The van der Waals surface area contributed by atoms with Crippen LogP contribution >= 0.6 is 0 Å². The average Bonchev–Trinajstić information content (AvgIpc) is 2.55. The second-order valence-corrected chi connectivity index (χ2v) is 5.53. The molecule has 0 aromatic heterocycles. The predicted octanol–water partition coefficient (Wildman–Crippen LogP) is 3.00. The third-order valence-corrected chi connectivity index (χ3v) is 3.45. The Balaban J connectivity index is 1.76. The van der Waals surface area contributed by atoms with Crippen molar-refractivity contribution in [2.24, 2.45) is 0 Å². The molecule has 1 atom stereocenters. The highest BCUT2D eigenvalue weighted by Crippen LogP contribution is 2.17. The van der Waals surface area contributed by atoms with Crippen molar-refractivity contribution in [2.45, 2.75) is 20.0 Å². The second kappa shape index (κ2) is 8.31. The van der Waals surface area contributed by atoms with Gasteiger partial charge < -0.3 is 20.5 Å². The summed E-state index contributed by atoms with van der Waals surface area (Å²) in [7, 11) is 0. The van der Waals surface area contributed by atoms with Crippen LogP contribution in [-0.4, -0.2) is 30.4 Å². The van der Waals surface area contributed by atoms with Crippen LogP contribution in [-0.2, 0) is 0 Å². The molecule has 5 nitrogen and oxygen atoms in total. The number of urea groups is 1. The number of aryl methyl sites for hydroxylation is 1. The molecule has 2 aromatic rings. The Kier molecular flexibility index (Phi) is 6.14. The molecule has 128 valence electrons. The summed E-state index contributed by atoms with van der Waals surface area (Å²) in [5.41, 5.74) is 1.80. The Labute approximate surface area is 140 Å². The highest BCUT2D eigenvalue weighted by Gasteiger charge is 2.10. The SMILES string of the molecule is Cc1cccc(OCC(O)CNC(=O)Nc2cccc(F)c2C)c1. The molecule has 2 aromatic carbocycles. The van der Waals surface area contributed by atoms with Crippen LogP contribution in [0.15, 0.2) is 42.5 Å². The zero-order valence-electron chi connectivity index (χ0n) is 13.7. The lowest BCUT2D eigenvalue weighted by atomic mass is 10.2. The van der Waals surface area contributed by atoms with Crippen molar-refractivity contribution in [3.05, 3.63) is 59.4 Å². The van der Waals surface area contributed by atoms with Crippen molar-refractivity contribution >= 4 is 11.7 Å². The number of rotatable bonds is 6. The van der Waals surface area contributed by atoms with Crippen molar-refractivity contribution in [3.8, 4) is 5.75 Å². The van der Waals surface area contributed by atoms with Gasteiger partial charge in [0.15, 0.2) is 0 Å². The minimum atomic E-state index is -0.857. The van der Waals surface area contributed by atoms with Gasteiger partial charge in [-0.05, 0) is 43.7 Å². The first kappa shape index (κ1) is 17.7. The second-order valence-electron chi connectivity index (χ2n) is 5.53. The Morgan fingerprint density at radius 1 is 1.25 bits per heavy atom. The topological polar surface area (TPSA) is 70.6 Å². The number of anilines is 1. The van der Waals surface area contributed by atoms with E-state index in [1.54, 1.807) is 19.1 Å². The Bertz CT molecular complexity index is 706. The van der Waals surface area contributed by atoms with E-state index in [1.165, 1.54) is 12.1 Å². The van der Waals surface area contributed by atoms with Crippen LogP contribution in [0.5, 0.6) is 5.75 Å². The molecule has 24 heavy (non-hydrogen) atoms. The molecule has 0 saturated heterocycles. The lowest BCUT2D eigenvalue weighted by molar-refractivity contribution is 0.108. The molecule has 2 amide bonds. The molecular formula is C18H21FN2O3. The van der Waals surface area contributed by atoms with Gasteiger partial charge >= 0.3 is 6.03 Å². The smallest absolute Gasteiger partial charge is 0.319 e. The highest BCUT2D eigenvalue weighted by molar-refractivity contribution is 5.90. The summed E-state index contributed by atoms with van der Waals surface area (Å²) < 4.78 is 18.9. The lowest BCUT2D eigenvalue weighted by Crippen LogP contribution is -2.37. The molecule has 0 aliphatic carbocycles. The van der Waals surface area contributed by atoms with Crippen LogP contribution in [0.1, 0.15) is 11.1 Å². The maximum Gasteiger partial charge on any atom is 0.319 e. The molecule has 0 heterocycles. The first-order valence-corrected chi connectivity index (χ1v) is 7.63. The van der Waals surface area contributed by atoms with E-state index in [0.29, 0.717) is 17.0 Å². The highest BCUT2D eigenvalue weighted by atomic mass is 19.1. The van der Waals surface area contributed by atoms with Gasteiger partial charge in [0.1, 0.15) is 24.3 Å². The van der Waals surface area contributed by atoms with E-state index in [4.69, 9.17) is 4.74 Å². The monoisotopic (exact) mass is 332 g/mol. The van der Waals surface area contributed by atoms with Crippen molar-refractivity contribution in [2.75, 3.05) is 18.5 Å². The van der Waals surface area contributed by atoms with E-state index in [-0.39, 0.29) is 19.0 Å². The number of aliphatic hydroxyl groups excluding tert-OH is 1. The molecule has 6 heteroatoms. The standard InChI is InChI=1S/C18H21FN2O3/c1-12-5-3-6-15(9-12)24-11-14(22)10-20-18(23)21-17-8-4-7-16(19)13(17)2/h3-9,14,22H,10-11H2,1-2H3,(H2,20,21,23). The molecule has 0 fully saturated rings. The van der Waals surface area contributed by atoms with Gasteiger partial charge in [-0.2, -0.15) is 0 Å². The van der Waals surface area contributed by atoms with E-state index in [0.717, 1.165) is 5.56 Å². The number of hydrogen-bond donors (Lipinski definition) is 3. The summed E-state index contributed by atoms with van der Waals surface area (Å²) in [4.78, 5) is 11.8. The molecule has 0 saturated carbocycles. The molecule has 0 bridgehead atoms. The Morgan fingerprint density at radius 3 is 2.75 bits per heavy atom. The number of halogens is 1. The number of hydrogen-bond acceptors (Lipinski definition) is 3. The van der Waals surface area contributed by atoms with Gasteiger partial charge in [-0.3, -0.25) is 0 Å². The molecule has 3 N–H and O–H groups in total. The van der Waals surface area contributed by atoms with E-state index in [1.807, 2.05) is 25.1 Å². The third-order valence-electron chi connectivity index (χ3n) is 3.45. The maximum atomic E-state index is 13.4. The summed E-state index contributed by atoms with van der Waals surface area (Å²) >= 11 is 0. The quantitative estimate of drug-likeness (QED) is 0.761. The van der Waals surface area contributed by atoms with Gasteiger partial charge in [0.05, 0.1) is 0 Å². The minimum absolute atomic E-state index is 0.0199. The molecule has 0 spiro atoms. The Morgan fingerprint density at radius 2 is 2.00 bits per heavy atom. The third kappa shape index (κ3) is 5.24. The van der Waals surface area contributed by atoms with E-state index in [2.05, 4.69) is 10.6 Å². The molecular weight excluding hydrogens is 311 g/mol. The zero-order valence-corrected chi connectivity index (χ0v) is 13.7. The number of aliphatic hydroxyl groups is 1. The summed E-state index contributed by atoms with van der Waals surface area (Å²) in [5, 5.41) is 14.9. The number of carbonyl (C=O) groups is 1. The first-order valence-electron chi connectivity index (χ1n) is 7.63. The van der Waals surface area contributed by atoms with Gasteiger partial charge in [-0.25, -0.2) is 9.18 Å². The van der Waals surface area contributed by atoms with Gasteiger partial charge in [0.25, 0.3) is 0 Å². The summed E-state index contributed by atoms with van der Waals surface area (Å²) in [5.74, 6) is 0.272. The fraction of sp³-hybridized carbons (Fsp3) is 0.278. The van der Waals surface area contributed by atoms with E-state index in [9.17, 15) is 14.3 Å². The van der Waals surface area contributed by atoms with Crippen molar-refractivity contribution in [1.29, 1.82) is 0 Å². The number of carbonyl (C=O) groups excluding carboxylic acids is 1. The molecule has 2 rings (SSSR count). The molecule has 1 unspecified atom stereocenters. The van der Waals surface area contributed by atoms with Gasteiger partial charge in [0.2, 0.25) is 0 Å². The summed E-state index contributed by atoms with van der Waals surface area (Å²) in [6.07, 6.45) is -0.857. The van der Waals surface area contributed by atoms with E-state index < -0.39 is 12.1 Å². The van der Waals surface area contributed by atoms with Crippen LogP contribution in [0, 0.1) is 19.7 Å². The molecule has 0 radical (unpaired) electrons. The largest absolute Gasteiger partial charge is 0.491 e. The van der Waals surface area contributed by atoms with Crippen LogP contribution < -0.4 is 15.4 Å². The van der Waals surface area contributed by atoms with Crippen molar-refractivity contribution in [1.82, 2.24) is 5.32 Å². The summed E-state index contributed by atoms with van der Waals surface area (Å²) in [6, 6.07) is 11.4. The van der Waals surface area contributed by atoms with Crippen molar-refractivity contribution in [3.63, 3.8) is 0 Å². The summed E-state index contributed by atoms with van der Waals surface area (Å²) in [6.45, 7) is 3.60. The van der Waals surface area contributed by atoms with Gasteiger partial charge in [-0.15, -0.1) is 0 Å². The normalized spacial score (nSPS) is 11.7. The molecule has 0 aliphatic heterocycles. The number of amides is 2. The average molecular weight is 332 g/mol. The first-order chi connectivity index (χ1) is 11.5. The number of nitrogens with one attached hydrogen (secondary N) is 2. The van der Waals surface area contributed by atoms with Gasteiger partial charge in [-0.1, -0.05) is 18.2 Å². The fourth-order valence-electron chi connectivity index (χ4n) is 2.08. The van der Waals surface area contributed by atoms with E-state index >= 15 is 0 Å². The zero-order chi connectivity index (χ0) is 17.5. The Hall–Kier alpha value is -2.60. The maximum absolute atomic E-state index is 13.4. The van der Waals surface area contributed by atoms with Crippen molar-refractivity contribution < 1.29 is 19.0 Å². The predicted molar refractivity (Wildman–Crippen MR) is 90.8 cm³/mol. The lowest BCUT2D eigenvalue weighted by Gasteiger charge is -2.14. The van der Waals surface area contributed by atoms with Crippen LogP contribution in [0.25, 0.3) is 0 Å². The fourth-order valence-corrected chi connectivity index (χ4v) is 2.08. The van der Waals surface area contributed by atoms with Crippen LogP contribution in [0.2, 0.25) is 0 Å². The number of benzene rings is 2. The van der Waals surface area contributed by atoms with Crippen LogP contribution in [0.3, 0.4) is 0 Å². The molecule has 0 aliphatic rings. The minimum Gasteiger partial charge on any atom is -0.491 e. The van der Waals surface area contributed by atoms with Gasteiger partial charge in [0, 0.05) is 17.8 Å².